The van der Waals surface area contributed by atoms with Gasteiger partial charge in [-0.1, -0.05) is 53.2 Å². The van der Waals surface area contributed by atoms with Crippen LogP contribution in [0.5, 0.6) is 0 Å². The van der Waals surface area contributed by atoms with E-state index in [1.54, 1.807) is 11.3 Å². The van der Waals surface area contributed by atoms with Crippen molar-refractivity contribution in [3.05, 3.63) is 34.6 Å². The molecular weight excluding hydrogens is 324 g/mol. The summed E-state index contributed by atoms with van der Waals surface area (Å²) >= 11 is 5.05. The maximum atomic E-state index is 4.63. The lowest BCUT2D eigenvalue weighted by molar-refractivity contribution is 0.607. The fourth-order valence-corrected chi connectivity index (χ4v) is 3.14. The lowest BCUT2D eigenvalue weighted by atomic mass is 10.1. The Bertz CT molecular complexity index is 716. The minimum Gasteiger partial charge on any atom is -0.187 e. The quantitative estimate of drug-likeness (QED) is 0.730. The van der Waals surface area contributed by atoms with Crippen LogP contribution in [-0.4, -0.2) is 19.8 Å². The Hall–Kier alpha value is -1.27. The Morgan fingerprint density at radius 1 is 1.32 bits per heavy atom. The predicted octanol–water partition coefficient (Wildman–Crippen LogP) is 3.81. The number of aromatic nitrogens is 4. The first-order chi connectivity index (χ1) is 9.13. The van der Waals surface area contributed by atoms with Crippen LogP contribution in [0.3, 0.4) is 0 Å². The van der Waals surface area contributed by atoms with Gasteiger partial charge in [-0.25, -0.2) is 0 Å². The highest BCUT2D eigenvalue weighted by Gasteiger charge is 2.13. The molecule has 0 aliphatic rings. The van der Waals surface area contributed by atoms with E-state index >= 15 is 0 Å². The van der Waals surface area contributed by atoms with Gasteiger partial charge < -0.3 is 0 Å². The van der Waals surface area contributed by atoms with E-state index in [1.807, 2.05) is 16.6 Å². The summed E-state index contributed by atoms with van der Waals surface area (Å²) in [6.07, 6.45) is 0.892. The Labute approximate surface area is 123 Å². The maximum absolute atomic E-state index is 4.63. The molecule has 3 aromatic rings. The van der Waals surface area contributed by atoms with Gasteiger partial charge in [-0.15, -0.1) is 10.2 Å². The van der Waals surface area contributed by atoms with Gasteiger partial charge in [0.05, 0.1) is 0 Å². The molecule has 0 saturated carbocycles. The molecular formula is C13H13BrN4S. The molecule has 0 aliphatic heterocycles. The van der Waals surface area contributed by atoms with Gasteiger partial charge in [-0.3, -0.25) is 0 Å². The molecule has 3 rings (SSSR count). The second-order valence-electron chi connectivity index (χ2n) is 4.83. The molecule has 0 N–H and O–H groups in total. The van der Waals surface area contributed by atoms with E-state index < -0.39 is 0 Å². The van der Waals surface area contributed by atoms with E-state index in [2.05, 4.69) is 57.2 Å². The number of hydrogen-bond acceptors (Lipinski definition) is 4. The zero-order valence-corrected chi connectivity index (χ0v) is 13.1. The van der Waals surface area contributed by atoms with Crippen molar-refractivity contribution in [2.45, 2.75) is 20.3 Å². The predicted molar refractivity (Wildman–Crippen MR) is 80.3 cm³/mol. The van der Waals surface area contributed by atoms with Crippen LogP contribution in [0.1, 0.15) is 19.7 Å². The van der Waals surface area contributed by atoms with Gasteiger partial charge in [0, 0.05) is 16.5 Å². The molecule has 1 aromatic carbocycles. The molecule has 0 atom stereocenters. The number of rotatable bonds is 3. The first-order valence-electron chi connectivity index (χ1n) is 6.10. The minimum absolute atomic E-state index is 0.545. The lowest BCUT2D eigenvalue weighted by Crippen LogP contribution is -2.01. The molecule has 98 valence electrons. The van der Waals surface area contributed by atoms with E-state index in [9.17, 15) is 0 Å². The fraction of sp³-hybridized carbons (Fsp3) is 0.308. The smallest absolute Gasteiger partial charge is 0.187 e. The molecule has 0 fully saturated rings. The molecule has 2 heterocycles. The number of halogens is 1. The van der Waals surface area contributed by atoms with Gasteiger partial charge in [0.25, 0.3) is 0 Å². The van der Waals surface area contributed by atoms with Gasteiger partial charge >= 0.3 is 0 Å². The Balaban J connectivity index is 2.04. The van der Waals surface area contributed by atoms with Crippen LogP contribution in [-0.2, 0) is 6.42 Å². The summed E-state index contributed by atoms with van der Waals surface area (Å²) in [5.74, 6) is 1.48. The SMILES string of the molecule is CC(C)Cc1nnc2sc(-c3cccc(Br)c3)nn12. The van der Waals surface area contributed by atoms with Crippen molar-refractivity contribution in [2.24, 2.45) is 5.92 Å². The zero-order valence-electron chi connectivity index (χ0n) is 10.7. The first-order valence-corrected chi connectivity index (χ1v) is 7.71. The molecule has 0 aliphatic carbocycles. The van der Waals surface area contributed by atoms with Crippen molar-refractivity contribution in [3.8, 4) is 10.6 Å². The van der Waals surface area contributed by atoms with Crippen molar-refractivity contribution in [2.75, 3.05) is 0 Å². The van der Waals surface area contributed by atoms with Gasteiger partial charge in [-0.05, 0) is 18.1 Å². The summed E-state index contributed by atoms with van der Waals surface area (Å²) in [5.41, 5.74) is 1.10. The van der Waals surface area contributed by atoms with Gasteiger partial charge in [0.15, 0.2) is 5.82 Å². The number of hydrogen-bond donors (Lipinski definition) is 0. The topological polar surface area (TPSA) is 43.1 Å². The van der Waals surface area contributed by atoms with Crippen LogP contribution < -0.4 is 0 Å². The van der Waals surface area contributed by atoms with Gasteiger partial charge in [-0.2, -0.15) is 9.61 Å². The average molecular weight is 337 g/mol. The monoisotopic (exact) mass is 336 g/mol. The fourth-order valence-electron chi connectivity index (χ4n) is 1.89. The van der Waals surface area contributed by atoms with Crippen LogP contribution in [0.4, 0.5) is 0 Å². The first kappa shape index (κ1) is 12.7. The number of nitrogens with zero attached hydrogens (tertiary/aromatic N) is 4. The average Bonchev–Trinajstić information content (AvgIpc) is 2.91. The highest BCUT2D eigenvalue weighted by atomic mass is 79.9. The van der Waals surface area contributed by atoms with Crippen LogP contribution in [0.25, 0.3) is 15.5 Å². The molecule has 0 amide bonds. The summed E-state index contributed by atoms with van der Waals surface area (Å²) in [7, 11) is 0. The Morgan fingerprint density at radius 3 is 2.89 bits per heavy atom. The van der Waals surface area contributed by atoms with Crippen LogP contribution in [0, 0.1) is 5.92 Å². The maximum Gasteiger partial charge on any atom is 0.234 e. The minimum atomic E-state index is 0.545. The van der Waals surface area contributed by atoms with Crippen molar-refractivity contribution in [1.29, 1.82) is 0 Å². The molecule has 0 unspecified atom stereocenters. The molecule has 0 spiro atoms. The second-order valence-corrected chi connectivity index (χ2v) is 6.70. The largest absolute Gasteiger partial charge is 0.234 e. The normalized spacial score (nSPS) is 11.6. The summed E-state index contributed by atoms with van der Waals surface area (Å²) in [5, 5.41) is 14.0. The van der Waals surface area contributed by atoms with Crippen LogP contribution in [0.15, 0.2) is 28.7 Å². The van der Waals surface area contributed by atoms with Crippen molar-refractivity contribution < 1.29 is 0 Å². The molecule has 0 radical (unpaired) electrons. The third kappa shape index (κ3) is 2.55. The van der Waals surface area contributed by atoms with E-state index in [1.165, 1.54) is 0 Å². The third-order valence-corrected chi connectivity index (χ3v) is 4.16. The Kier molecular flexibility index (Phi) is 3.36. The summed E-state index contributed by atoms with van der Waals surface area (Å²) < 4.78 is 2.92. The molecule has 2 aromatic heterocycles. The number of fused-ring (bicyclic) bond motifs is 1. The van der Waals surface area contributed by atoms with E-state index in [4.69, 9.17) is 0 Å². The lowest BCUT2D eigenvalue weighted by Gasteiger charge is -1.99. The third-order valence-electron chi connectivity index (χ3n) is 2.72. The van der Waals surface area contributed by atoms with Gasteiger partial charge in [0.2, 0.25) is 4.96 Å². The summed E-state index contributed by atoms with van der Waals surface area (Å²) in [6, 6.07) is 8.14. The summed E-state index contributed by atoms with van der Waals surface area (Å²) in [4.78, 5) is 0.852. The van der Waals surface area contributed by atoms with Crippen LogP contribution >= 0.6 is 27.3 Å². The molecule has 4 nitrogen and oxygen atoms in total. The second kappa shape index (κ2) is 5.02. The highest BCUT2D eigenvalue weighted by molar-refractivity contribution is 9.10. The van der Waals surface area contributed by atoms with Crippen molar-refractivity contribution >= 4 is 32.2 Å². The number of benzene rings is 1. The standard InChI is InChI=1S/C13H13BrN4S/c1-8(2)6-11-15-16-13-18(11)17-12(19-13)9-4-3-5-10(14)7-9/h3-5,7-8H,6H2,1-2H3. The van der Waals surface area contributed by atoms with Crippen LogP contribution in [0.2, 0.25) is 0 Å². The zero-order chi connectivity index (χ0) is 13.4. The van der Waals surface area contributed by atoms with E-state index in [0.717, 1.165) is 32.2 Å². The molecule has 19 heavy (non-hydrogen) atoms. The molecule has 0 bridgehead atoms. The highest BCUT2D eigenvalue weighted by Crippen LogP contribution is 2.27. The van der Waals surface area contributed by atoms with Crippen molar-refractivity contribution in [3.63, 3.8) is 0 Å². The van der Waals surface area contributed by atoms with Gasteiger partial charge in [0.1, 0.15) is 5.01 Å². The van der Waals surface area contributed by atoms with Crippen molar-refractivity contribution in [1.82, 2.24) is 19.8 Å². The molecule has 0 saturated heterocycles. The van der Waals surface area contributed by atoms with E-state index in [-0.39, 0.29) is 0 Å². The molecule has 6 heteroatoms. The Morgan fingerprint density at radius 2 is 2.16 bits per heavy atom. The van der Waals surface area contributed by atoms with E-state index in [0.29, 0.717) is 5.92 Å². The summed E-state index contributed by atoms with van der Waals surface area (Å²) in [6.45, 7) is 4.34.